The van der Waals surface area contributed by atoms with Crippen LogP contribution in [0.5, 0.6) is 0 Å². The van der Waals surface area contributed by atoms with Gasteiger partial charge < -0.3 is 25.1 Å². The van der Waals surface area contributed by atoms with E-state index in [-0.39, 0.29) is 18.4 Å². The zero-order chi connectivity index (χ0) is 18.5. The van der Waals surface area contributed by atoms with Gasteiger partial charge in [0.1, 0.15) is 5.82 Å². The van der Waals surface area contributed by atoms with Gasteiger partial charge in [-0.1, -0.05) is 6.92 Å². The summed E-state index contributed by atoms with van der Waals surface area (Å²) in [5.41, 5.74) is 0.601. The Morgan fingerprint density at radius 3 is 2.58 bits per heavy atom. The number of aliphatic hydroxyl groups is 1. The van der Waals surface area contributed by atoms with Crippen molar-refractivity contribution in [3.8, 4) is 0 Å². The van der Waals surface area contributed by atoms with Crippen LogP contribution in [0.3, 0.4) is 0 Å². The zero-order valence-electron chi connectivity index (χ0n) is 15.9. The molecule has 144 valence electrons. The molecule has 0 radical (unpaired) electrons. The summed E-state index contributed by atoms with van der Waals surface area (Å²) in [5, 5.41) is 12.6. The maximum atomic E-state index is 12.2. The second kappa shape index (κ2) is 8.79. The molecule has 2 aliphatic rings. The maximum absolute atomic E-state index is 12.2. The van der Waals surface area contributed by atoms with Crippen molar-refractivity contribution in [3.63, 3.8) is 0 Å². The Labute approximate surface area is 156 Å². The van der Waals surface area contributed by atoms with Gasteiger partial charge in [0.25, 0.3) is 5.91 Å². The Balaban J connectivity index is 1.67. The Kier molecular flexibility index (Phi) is 6.45. The van der Waals surface area contributed by atoms with Crippen LogP contribution >= 0.6 is 0 Å². The molecule has 2 aliphatic heterocycles. The van der Waals surface area contributed by atoms with E-state index in [0.29, 0.717) is 11.5 Å². The number of aliphatic hydroxyl groups excluding tert-OH is 1. The van der Waals surface area contributed by atoms with Gasteiger partial charge in [0.15, 0.2) is 0 Å². The number of likely N-dealkylation sites (N-methyl/N-ethyl adjacent to an activating group) is 1. The summed E-state index contributed by atoms with van der Waals surface area (Å²) in [6, 6.07) is 3.60. The van der Waals surface area contributed by atoms with Gasteiger partial charge in [-0.15, -0.1) is 0 Å². The summed E-state index contributed by atoms with van der Waals surface area (Å²) in [4.78, 5) is 23.8. The van der Waals surface area contributed by atoms with Crippen LogP contribution < -0.4 is 10.2 Å². The molecule has 2 atom stereocenters. The van der Waals surface area contributed by atoms with Gasteiger partial charge in [-0.25, -0.2) is 4.98 Å². The largest absolute Gasteiger partial charge is 0.396 e. The molecule has 0 aliphatic carbocycles. The van der Waals surface area contributed by atoms with Crippen LogP contribution in [0.15, 0.2) is 18.3 Å². The van der Waals surface area contributed by atoms with Crippen LogP contribution in [0, 0.1) is 11.8 Å². The van der Waals surface area contributed by atoms with Crippen molar-refractivity contribution in [1.29, 1.82) is 0 Å². The fraction of sp³-hybridized carbons (Fsp3) is 0.684. The molecule has 2 N–H and O–H groups in total. The highest BCUT2D eigenvalue weighted by molar-refractivity contribution is 5.98. The number of hydrogen-bond acceptors (Lipinski definition) is 6. The fourth-order valence-corrected chi connectivity index (χ4v) is 4.11. The van der Waals surface area contributed by atoms with Gasteiger partial charge in [0.2, 0.25) is 0 Å². The van der Waals surface area contributed by atoms with Crippen LogP contribution in [0.2, 0.25) is 0 Å². The molecule has 2 saturated heterocycles. The lowest BCUT2D eigenvalue weighted by Crippen LogP contribution is -2.48. The number of anilines is 1. The first kappa shape index (κ1) is 19.1. The number of pyridine rings is 1. The molecule has 3 rings (SSSR count). The van der Waals surface area contributed by atoms with Crippen molar-refractivity contribution < 1.29 is 9.90 Å². The minimum atomic E-state index is -0.118. The summed E-state index contributed by atoms with van der Waals surface area (Å²) in [6.45, 7) is 10.5. The maximum Gasteiger partial charge on any atom is 0.254 e. The molecule has 7 nitrogen and oxygen atoms in total. The van der Waals surface area contributed by atoms with Crippen LogP contribution in [0.1, 0.15) is 17.3 Å². The lowest BCUT2D eigenvalue weighted by molar-refractivity contribution is 0.0963. The van der Waals surface area contributed by atoms with E-state index in [9.17, 15) is 9.90 Å². The zero-order valence-corrected chi connectivity index (χ0v) is 15.9. The van der Waals surface area contributed by atoms with Crippen molar-refractivity contribution >= 4 is 11.7 Å². The standard InChI is InChI=1S/C19H31N5O2/c1-3-22-7-9-23(10-8-22)11-15-12-24(13-16(15)14-25)18-17(19(26)20-2)5-4-6-21-18/h4-6,15-16,25H,3,7-14H2,1-2H3,(H,20,26)/t15-,16-/m1/s1. The summed E-state index contributed by atoms with van der Waals surface area (Å²) in [5.74, 6) is 1.22. The van der Waals surface area contributed by atoms with E-state index in [1.807, 2.05) is 6.07 Å². The molecule has 3 heterocycles. The fourth-order valence-electron chi connectivity index (χ4n) is 4.11. The predicted molar refractivity (Wildman–Crippen MR) is 102 cm³/mol. The molecule has 1 aromatic heterocycles. The number of piperazine rings is 1. The summed E-state index contributed by atoms with van der Waals surface area (Å²) >= 11 is 0. The van der Waals surface area contributed by atoms with Gasteiger partial charge in [-0.2, -0.15) is 0 Å². The SMILES string of the molecule is CCN1CCN(C[C@@H]2CN(c3ncccc3C(=O)NC)C[C@@H]2CO)CC1. The van der Waals surface area contributed by atoms with Crippen molar-refractivity contribution in [1.82, 2.24) is 20.1 Å². The van der Waals surface area contributed by atoms with Gasteiger partial charge in [-0.05, 0) is 24.6 Å². The molecule has 0 bridgehead atoms. The van der Waals surface area contributed by atoms with Crippen LogP contribution in [-0.4, -0.2) is 91.8 Å². The van der Waals surface area contributed by atoms with Crippen LogP contribution in [0.4, 0.5) is 5.82 Å². The molecule has 2 fully saturated rings. The van der Waals surface area contributed by atoms with Gasteiger partial charge >= 0.3 is 0 Å². The van der Waals surface area contributed by atoms with Gasteiger partial charge in [0, 0.05) is 71.6 Å². The van der Waals surface area contributed by atoms with E-state index < -0.39 is 0 Å². The number of nitrogens with zero attached hydrogens (tertiary/aromatic N) is 4. The Morgan fingerprint density at radius 2 is 1.92 bits per heavy atom. The molecule has 0 unspecified atom stereocenters. The molecule has 0 aromatic carbocycles. The van der Waals surface area contributed by atoms with E-state index >= 15 is 0 Å². The highest BCUT2D eigenvalue weighted by Gasteiger charge is 2.35. The van der Waals surface area contributed by atoms with E-state index in [4.69, 9.17) is 0 Å². The van der Waals surface area contributed by atoms with E-state index in [1.165, 1.54) is 0 Å². The number of carbonyl (C=O) groups is 1. The number of carbonyl (C=O) groups excluding carboxylic acids is 1. The minimum absolute atomic E-state index is 0.118. The lowest BCUT2D eigenvalue weighted by Gasteiger charge is -2.36. The van der Waals surface area contributed by atoms with E-state index in [2.05, 4.69) is 31.9 Å². The molecule has 26 heavy (non-hydrogen) atoms. The summed E-state index contributed by atoms with van der Waals surface area (Å²) in [6.07, 6.45) is 1.73. The molecule has 1 amide bonds. The van der Waals surface area contributed by atoms with Gasteiger partial charge in [0.05, 0.1) is 5.56 Å². The first-order valence-corrected chi connectivity index (χ1v) is 9.63. The number of nitrogens with one attached hydrogen (secondary N) is 1. The summed E-state index contributed by atoms with van der Waals surface area (Å²) in [7, 11) is 1.64. The Hall–Kier alpha value is -1.70. The smallest absolute Gasteiger partial charge is 0.254 e. The van der Waals surface area contributed by atoms with Crippen LogP contribution in [-0.2, 0) is 0 Å². The first-order chi connectivity index (χ1) is 12.7. The molecule has 1 aromatic rings. The predicted octanol–water partition coefficient (Wildman–Crippen LogP) is 0.123. The second-order valence-electron chi connectivity index (χ2n) is 7.30. The Bertz CT molecular complexity index is 603. The number of amides is 1. The lowest BCUT2D eigenvalue weighted by atomic mass is 9.96. The molecule has 0 saturated carbocycles. The number of hydrogen-bond donors (Lipinski definition) is 2. The highest BCUT2D eigenvalue weighted by atomic mass is 16.3. The Morgan fingerprint density at radius 1 is 1.23 bits per heavy atom. The van der Waals surface area contributed by atoms with Crippen molar-refractivity contribution in [2.75, 3.05) is 70.9 Å². The molecule has 7 heteroatoms. The molecular formula is C19H31N5O2. The third-order valence-electron chi connectivity index (χ3n) is 5.77. The van der Waals surface area contributed by atoms with Crippen molar-refractivity contribution in [2.45, 2.75) is 6.92 Å². The minimum Gasteiger partial charge on any atom is -0.396 e. The number of rotatable bonds is 6. The number of aromatic nitrogens is 1. The first-order valence-electron chi connectivity index (χ1n) is 9.63. The van der Waals surface area contributed by atoms with Crippen molar-refractivity contribution in [2.24, 2.45) is 11.8 Å². The van der Waals surface area contributed by atoms with Crippen LogP contribution in [0.25, 0.3) is 0 Å². The normalized spacial score (nSPS) is 24.8. The van der Waals surface area contributed by atoms with Crippen molar-refractivity contribution in [3.05, 3.63) is 23.9 Å². The molecule has 0 spiro atoms. The highest BCUT2D eigenvalue weighted by Crippen LogP contribution is 2.30. The monoisotopic (exact) mass is 361 g/mol. The quantitative estimate of drug-likeness (QED) is 0.750. The third kappa shape index (κ3) is 4.16. The van der Waals surface area contributed by atoms with Gasteiger partial charge in [-0.3, -0.25) is 4.79 Å². The second-order valence-corrected chi connectivity index (χ2v) is 7.30. The van der Waals surface area contributed by atoms with E-state index in [1.54, 1.807) is 19.3 Å². The van der Waals surface area contributed by atoms with E-state index in [0.717, 1.165) is 58.2 Å². The summed E-state index contributed by atoms with van der Waals surface area (Å²) < 4.78 is 0. The average Bonchev–Trinajstić information content (AvgIpc) is 3.10. The molecular weight excluding hydrogens is 330 g/mol. The topological polar surface area (TPSA) is 71.9 Å². The third-order valence-corrected chi connectivity index (χ3v) is 5.77. The average molecular weight is 361 g/mol.